The zero-order chi connectivity index (χ0) is 18.9. The van der Waals surface area contributed by atoms with Crippen molar-refractivity contribution >= 4 is 16.7 Å². The number of anilines is 1. The molecule has 142 valence electrons. The van der Waals surface area contributed by atoms with E-state index in [0.29, 0.717) is 0 Å². The first-order chi connectivity index (χ1) is 13.8. The predicted molar refractivity (Wildman–Crippen MR) is 107 cm³/mol. The summed E-state index contributed by atoms with van der Waals surface area (Å²) in [5.41, 5.74) is 4.52. The molecule has 8 nitrogen and oxygen atoms in total. The summed E-state index contributed by atoms with van der Waals surface area (Å²) in [5.74, 6) is 0.905. The highest BCUT2D eigenvalue weighted by molar-refractivity contribution is 5.77. The van der Waals surface area contributed by atoms with E-state index in [-0.39, 0.29) is 0 Å². The minimum Gasteiger partial charge on any atom is -0.369 e. The molecule has 1 aliphatic rings. The molecule has 0 N–H and O–H groups in total. The average Bonchev–Trinajstić information content (AvgIpc) is 3.35. The van der Waals surface area contributed by atoms with E-state index >= 15 is 0 Å². The summed E-state index contributed by atoms with van der Waals surface area (Å²) in [7, 11) is 1.89. The molecular weight excluding hydrogens is 352 g/mol. The lowest BCUT2D eigenvalue weighted by molar-refractivity contribution is 0.240. The van der Waals surface area contributed by atoms with Crippen molar-refractivity contribution in [3.05, 3.63) is 60.7 Å². The van der Waals surface area contributed by atoms with Crippen LogP contribution < -0.4 is 4.90 Å². The van der Waals surface area contributed by atoms with Gasteiger partial charge in [-0.05, 0) is 40.8 Å². The maximum atomic E-state index is 4.51. The molecule has 0 saturated carbocycles. The first-order valence-electron chi connectivity index (χ1n) is 9.49. The normalized spacial score (nSPS) is 15.4. The van der Waals surface area contributed by atoms with Gasteiger partial charge in [-0.25, -0.2) is 9.67 Å². The van der Waals surface area contributed by atoms with Gasteiger partial charge in [-0.1, -0.05) is 18.2 Å². The highest BCUT2D eigenvalue weighted by Gasteiger charge is 2.19. The second-order valence-electron chi connectivity index (χ2n) is 7.11. The molecule has 2 aromatic carbocycles. The van der Waals surface area contributed by atoms with Crippen LogP contribution in [-0.4, -0.2) is 60.8 Å². The number of benzene rings is 2. The predicted octanol–water partition coefficient (Wildman–Crippen LogP) is 1.87. The maximum absolute atomic E-state index is 4.51. The smallest absolute Gasteiger partial charge is 0.164 e. The molecule has 2 aromatic heterocycles. The third-order valence-electron chi connectivity index (χ3n) is 5.37. The Morgan fingerprint density at radius 2 is 1.75 bits per heavy atom. The van der Waals surface area contributed by atoms with Crippen LogP contribution in [0, 0.1) is 0 Å². The summed E-state index contributed by atoms with van der Waals surface area (Å²) in [6.07, 6.45) is 1.90. The molecule has 0 aliphatic carbocycles. The SMILES string of the molecule is Cn1nnnc1CN1CCN(c2cccc(-n3cnc4ccccc43)c2)CC1. The van der Waals surface area contributed by atoms with Gasteiger partial charge in [0.25, 0.3) is 0 Å². The second-order valence-corrected chi connectivity index (χ2v) is 7.11. The number of rotatable bonds is 4. The molecule has 0 spiro atoms. The number of nitrogens with zero attached hydrogens (tertiary/aromatic N) is 8. The highest BCUT2D eigenvalue weighted by atomic mass is 15.5. The van der Waals surface area contributed by atoms with Crippen LogP contribution in [0.25, 0.3) is 16.7 Å². The third kappa shape index (κ3) is 3.11. The number of tetrazole rings is 1. The first kappa shape index (κ1) is 16.9. The molecule has 0 bridgehead atoms. The monoisotopic (exact) mass is 374 g/mol. The van der Waals surface area contributed by atoms with Gasteiger partial charge in [0.15, 0.2) is 5.82 Å². The fraction of sp³-hybridized carbons (Fsp3) is 0.300. The summed E-state index contributed by atoms with van der Waals surface area (Å²) in [4.78, 5) is 9.35. The number of aromatic nitrogens is 6. The van der Waals surface area contributed by atoms with Gasteiger partial charge in [-0.3, -0.25) is 9.47 Å². The van der Waals surface area contributed by atoms with Gasteiger partial charge in [-0.2, -0.15) is 0 Å². The van der Waals surface area contributed by atoms with Crippen LogP contribution >= 0.6 is 0 Å². The number of fused-ring (bicyclic) bond motifs is 1. The molecule has 8 heteroatoms. The Morgan fingerprint density at radius 3 is 2.57 bits per heavy atom. The van der Waals surface area contributed by atoms with Crippen molar-refractivity contribution < 1.29 is 0 Å². The van der Waals surface area contributed by atoms with Crippen LogP contribution in [0.15, 0.2) is 54.9 Å². The number of hydrogen-bond acceptors (Lipinski definition) is 6. The molecular formula is C20H22N8. The standard InChI is InChI=1S/C20H22N8/c1-25-20(22-23-24-25)14-26-9-11-27(12-10-26)16-5-4-6-17(13-16)28-15-21-18-7-2-3-8-19(18)28/h2-8,13,15H,9-12,14H2,1H3. The lowest BCUT2D eigenvalue weighted by Crippen LogP contribution is -2.46. The van der Waals surface area contributed by atoms with E-state index in [0.717, 1.165) is 55.3 Å². The summed E-state index contributed by atoms with van der Waals surface area (Å²) in [6, 6.07) is 16.9. The van der Waals surface area contributed by atoms with Gasteiger partial charge < -0.3 is 4.90 Å². The number of piperazine rings is 1. The van der Waals surface area contributed by atoms with Crippen LogP contribution in [0.1, 0.15) is 5.82 Å². The van der Waals surface area contributed by atoms with E-state index in [2.05, 4.69) is 71.3 Å². The zero-order valence-electron chi connectivity index (χ0n) is 15.8. The number of hydrogen-bond donors (Lipinski definition) is 0. The van der Waals surface area contributed by atoms with Crippen molar-refractivity contribution in [1.82, 2.24) is 34.7 Å². The van der Waals surface area contributed by atoms with Gasteiger partial charge in [0.05, 0.1) is 17.6 Å². The molecule has 5 rings (SSSR count). The van der Waals surface area contributed by atoms with Crippen LogP contribution in [0.4, 0.5) is 5.69 Å². The molecule has 3 heterocycles. The Kier molecular flexibility index (Phi) is 4.25. The third-order valence-corrected chi connectivity index (χ3v) is 5.37. The number of imidazole rings is 1. The van der Waals surface area contributed by atoms with E-state index in [9.17, 15) is 0 Å². The van der Waals surface area contributed by atoms with E-state index in [4.69, 9.17) is 0 Å². The fourth-order valence-electron chi connectivity index (χ4n) is 3.75. The summed E-state index contributed by atoms with van der Waals surface area (Å²) in [6.45, 7) is 4.74. The highest BCUT2D eigenvalue weighted by Crippen LogP contribution is 2.23. The topological polar surface area (TPSA) is 67.9 Å². The molecule has 4 aromatic rings. The molecule has 0 radical (unpaired) electrons. The lowest BCUT2D eigenvalue weighted by Gasteiger charge is -2.35. The molecule has 1 saturated heterocycles. The lowest BCUT2D eigenvalue weighted by atomic mass is 10.2. The van der Waals surface area contributed by atoms with E-state index in [1.165, 1.54) is 5.69 Å². The van der Waals surface area contributed by atoms with Crippen LogP contribution in [0.5, 0.6) is 0 Å². The molecule has 0 atom stereocenters. The quantitative estimate of drug-likeness (QED) is 0.543. The van der Waals surface area contributed by atoms with Crippen molar-refractivity contribution in [1.29, 1.82) is 0 Å². The van der Waals surface area contributed by atoms with E-state index in [1.807, 2.05) is 25.5 Å². The molecule has 28 heavy (non-hydrogen) atoms. The Hall–Kier alpha value is -3.26. The number of para-hydroxylation sites is 2. The zero-order valence-corrected chi connectivity index (χ0v) is 15.8. The van der Waals surface area contributed by atoms with E-state index in [1.54, 1.807) is 4.68 Å². The van der Waals surface area contributed by atoms with Gasteiger partial charge in [0, 0.05) is 44.6 Å². The second kappa shape index (κ2) is 7.05. The molecule has 1 aliphatic heterocycles. The van der Waals surface area contributed by atoms with Gasteiger partial charge in [-0.15, -0.1) is 5.10 Å². The summed E-state index contributed by atoms with van der Waals surface area (Å²) < 4.78 is 3.89. The average molecular weight is 374 g/mol. The Balaban J connectivity index is 1.31. The largest absolute Gasteiger partial charge is 0.369 e. The van der Waals surface area contributed by atoms with Crippen molar-refractivity contribution in [2.45, 2.75) is 6.54 Å². The van der Waals surface area contributed by atoms with Crippen LogP contribution in [-0.2, 0) is 13.6 Å². The first-order valence-corrected chi connectivity index (χ1v) is 9.49. The molecule has 0 unspecified atom stereocenters. The van der Waals surface area contributed by atoms with Gasteiger partial charge >= 0.3 is 0 Å². The van der Waals surface area contributed by atoms with Crippen molar-refractivity contribution in [3.8, 4) is 5.69 Å². The van der Waals surface area contributed by atoms with Crippen molar-refractivity contribution in [2.75, 3.05) is 31.1 Å². The molecule has 1 fully saturated rings. The van der Waals surface area contributed by atoms with E-state index < -0.39 is 0 Å². The van der Waals surface area contributed by atoms with Crippen LogP contribution in [0.3, 0.4) is 0 Å². The van der Waals surface area contributed by atoms with Gasteiger partial charge in [0.2, 0.25) is 0 Å². The summed E-state index contributed by atoms with van der Waals surface area (Å²) >= 11 is 0. The number of aryl methyl sites for hydroxylation is 1. The maximum Gasteiger partial charge on any atom is 0.164 e. The summed E-state index contributed by atoms with van der Waals surface area (Å²) in [5, 5.41) is 11.7. The Bertz CT molecular complexity index is 1090. The minimum absolute atomic E-state index is 0.790. The Labute approximate surface area is 163 Å². The van der Waals surface area contributed by atoms with Crippen molar-refractivity contribution in [3.63, 3.8) is 0 Å². The Morgan fingerprint density at radius 1 is 0.929 bits per heavy atom. The van der Waals surface area contributed by atoms with Crippen molar-refractivity contribution in [2.24, 2.45) is 7.05 Å². The minimum atomic E-state index is 0.790. The van der Waals surface area contributed by atoms with Crippen LogP contribution in [0.2, 0.25) is 0 Å². The fourth-order valence-corrected chi connectivity index (χ4v) is 3.75. The van der Waals surface area contributed by atoms with Gasteiger partial charge in [0.1, 0.15) is 6.33 Å². The molecule has 0 amide bonds.